The Morgan fingerprint density at radius 1 is 1.40 bits per heavy atom. The number of nitrogens with zero attached hydrogens (tertiary/aromatic N) is 4. The number of ether oxygens (including phenoxy) is 1. The highest BCUT2D eigenvalue weighted by atomic mass is 19.1. The van der Waals surface area contributed by atoms with Crippen molar-refractivity contribution in [2.24, 2.45) is 0 Å². The number of anilines is 1. The highest BCUT2D eigenvalue weighted by molar-refractivity contribution is 5.63. The Morgan fingerprint density at radius 3 is 2.90 bits per heavy atom. The first-order valence-corrected chi connectivity index (χ1v) is 6.53. The van der Waals surface area contributed by atoms with Crippen molar-refractivity contribution in [3.8, 4) is 11.4 Å². The minimum absolute atomic E-state index is 0.358. The fourth-order valence-corrected chi connectivity index (χ4v) is 1.85. The summed E-state index contributed by atoms with van der Waals surface area (Å²) in [5, 5.41) is 11.5. The van der Waals surface area contributed by atoms with E-state index in [1.54, 1.807) is 17.7 Å². The first kappa shape index (κ1) is 14.4. The van der Waals surface area contributed by atoms with Crippen molar-refractivity contribution in [2.45, 2.75) is 26.8 Å². The lowest BCUT2D eigenvalue weighted by Gasteiger charge is -2.07. The molecule has 1 aromatic carbocycles. The number of benzene rings is 1. The molecule has 2 rings (SSSR count). The van der Waals surface area contributed by atoms with Gasteiger partial charge in [0.05, 0.1) is 0 Å². The smallest absolute Gasteiger partial charge is 0.182 e. The van der Waals surface area contributed by atoms with Gasteiger partial charge < -0.3 is 10.5 Å². The average Bonchev–Trinajstić information content (AvgIpc) is 2.89. The van der Waals surface area contributed by atoms with Crippen LogP contribution in [0.4, 0.5) is 10.1 Å². The summed E-state index contributed by atoms with van der Waals surface area (Å²) in [6.07, 6.45) is 0.787. The molecule has 0 aliphatic carbocycles. The minimum atomic E-state index is -0.358. The van der Waals surface area contributed by atoms with Gasteiger partial charge in [0, 0.05) is 36.6 Å². The molecule has 6 nitrogen and oxygen atoms in total. The molecular weight excluding hydrogens is 261 g/mol. The Morgan fingerprint density at radius 2 is 2.20 bits per heavy atom. The Kier molecular flexibility index (Phi) is 4.62. The third kappa shape index (κ3) is 3.11. The van der Waals surface area contributed by atoms with E-state index in [1.807, 2.05) is 6.92 Å². The summed E-state index contributed by atoms with van der Waals surface area (Å²) < 4.78 is 20.6. The van der Waals surface area contributed by atoms with Gasteiger partial charge in [-0.2, -0.15) is 0 Å². The topological polar surface area (TPSA) is 78.8 Å². The molecule has 2 N–H and O–H groups in total. The van der Waals surface area contributed by atoms with Gasteiger partial charge in [-0.15, -0.1) is 5.10 Å². The maximum absolute atomic E-state index is 13.7. The zero-order valence-corrected chi connectivity index (χ0v) is 11.6. The summed E-state index contributed by atoms with van der Waals surface area (Å²) in [5.41, 5.74) is 7.18. The van der Waals surface area contributed by atoms with Crippen LogP contribution in [-0.4, -0.2) is 33.4 Å². The van der Waals surface area contributed by atoms with Crippen LogP contribution in [-0.2, 0) is 11.3 Å². The molecular formula is C13H18FN5O. The second-order valence-electron chi connectivity index (χ2n) is 4.45. The Labute approximate surface area is 116 Å². The van der Waals surface area contributed by atoms with Crippen LogP contribution in [0, 0.1) is 12.7 Å². The van der Waals surface area contributed by atoms with Gasteiger partial charge >= 0.3 is 0 Å². The van der Waals surface area contributed by atoms with Gasteiger partial charge in [-0.3, -0.25) is 0 Å². The SMILES string of the molecule is CCOCCCn1nnnc1-c1cc(N)c(C)c(F)c1. The lowest BCUT2D eigenvalue weighted by molar-refractivity contribution is 0.140. The fourth-order valence-electron chi connectivity index (χ4n) is 1.85. The molecule has 0 saturated carbocycles. The van der Waals surface area contributed by atoms with Crippen LogP contribution in [0.1, 0.15) is 18.9 Å². The lowest BCUT2D eigenvalue weighted by atomic mass is 10.1. The normalized spacial score (nSPS) is 10.9. The van der Waals surface area contributed by atoms with Crippen molar-refractivity contribution in [3.05, 3.63) is 23.5 Å². The number of rotatable bonds is 6. The molecule has 108 valence electrons. The van der Waals surface area contributed by atoms with Gasteiger partial charge in [-0.05, 0) is 42.8 Å². The average molecular weight is 279 g/mol. The molecule has 0 unspecified atom stereocenters. The quantitative estimate of drug-likeness (QED) is 0.644. The molecule has 0 fully saturated rings. The third-order valence-corrected chi connectivity index (χ3v) is 3.04. The van der Waals surface area contributed by atoms with E-state index < -0.39 is 0 Å². The molecule has 0 atom stereocenters. The second-order valence-corrected chi connectivity index (χ2v) is 4.45. The van der Waals surface area contributed by atoms with Crippen LogP contribution in [0.15, 0.2) is 12.1 Å². The predicted molar refractivity (Wildman–Crippen MR) is 73.5 cm³/mol. The van der Waals surface area contributed by atoms with E-state index in [2.05, 4.69) is 15.5 Å². The summed E-state index contributed by atoms with van der Waals surface area (Å²) >= 11 is 0. The lowest BCUT2D eigenvalue weighted by Crippen LogP contribution is -2.07. The van der Waals surface area contributed by atoms with Crippen molar-refractivity contribution in [2.75, 3.05) is 18.9 Å². The largest absolute Gasteiger partial charge is 0.398 e. The van der Waals surface area contributed by atoms with Gasteiger partial charge in [-0.25, -0.2) is 9.07 Å². The first-order chi connectivity index (χ1) is 9.63. The van der Waals surface area contributed by atoms with Crippen LogP contribution >= 0.6 is 0 Å². The van der Waals surface area contributed by atoms with Gasteiger partial charge in [-0.1, -0.05) is 0 Å². The van der Waals surface area contributed by atoms with E-state index in [0.29, 0.717) is 42.4 Å². The molecule has 2 aromatic rings. The number of halogens is 1. The van der Waals surface area contributed by atoms with Crippen molar-refractivity contribution in [1.29, 1.82) is 0 Å². The summed E-state index contributed by atoms with van der Waals surface area (Å²) in [4.78, 5) is 0. The van der Waals surface area contributed by atoms with E-state index in [9.17, 15) is 4.39 Å². The zero-order valence-electron chi connectivity index (χ0n) is 11.6. The van der Waals surface area contributed by atoms with Crippen molar-refractivity contribution in [3.63, 3.8) is 0 Å². The van der Waals surface area contributed by atoms with Crippen LogP contribution < -0.4 is 5.73 Å². The number of hydrogen-bond acceptors (Lipinski definition) is 5. The Balaban J connectivity index is 2.19. The molecule has 7 heteroatoms. The molecule has 1 aromatic heterocycles. The molecule has 0 bridgehead atoms. The molecule has 0 amide bonds. The monoisotopic (exact) mass is 279 g/mol. The molecule has 0 radical (unpaired) electrons. The maximum atomic E-state index is 13.7. The second kappa shape index (κ2) is 6.42. The minimum Gasteiger partial charge on any atom is -0.398 e. The number of tetrazole rings is 1. The van der Waals surface area contributed by atoms with Crippen LogP contribution in [0.3, 0.4) is 0 Å². The van der Waals surface area contributed by atoms with E-state index in [1.165, 1.54) is 6.07 Å². The molecule has 0 saturated heterocycles. The van der Waals surface area contributed by atoms with E-state index in [0.717, 1.165) is 6.42 Å². The number of aromatic nitrogens is 4. The summed E-state index contributed by atoms with van der Waals surface area (Å²) in [6, 6.07) is 3.08. The van der Waals surface area contributed by atoms with Gasteiger partial charge in [0.1, 0.15) is 5.82 Å². The van der Waals surface area contributed by atoms with Crippen molar-refractivity contribution < 1.29 is 9.13 Å². The number of nitrogen functional groups attached to an aromatic ring is 1. The highest BCUT2D eigenvalue weighted by Crippen LogP contribution is 2.24. The van der Waals surface area contributed by atoms with Crippen molar-refractivity contribution >= 4 is 5.69 Å². The maximum Gasteiger partial charge on any atom is 0.182 e. The summed E-state index contributed by atoms with van der Waals surface area (Å²) in [7, 11) is 0. The third-order valence-electron chi connectivity index (χ3n) is 3.04. The number of hydrogen-bond donors (Lipinski definition) is 1. The summed E-state index contributed by atoms with van der Waals surface area (Å²) in [5.74, 6) is 0.149. The van der Waals surface area contributed by atoms with E-state index in [-0.39, 0.29) is 5.82 Å². The molecule has 0 aliphatic rings. The fraction of sp³-hybridized carbons (Fsp3) is 0.462. The molecule has 1 heterocycles. The van der Waals surface area contributed by atoms with Gasteiger partial charge in [0.15, 0.2) is 5.82 Å². The number of aryl methyl sites for hydroxylation is 1. The van der Waals surface area contributed by atoms with Gasteiger partial charge in [0.2, 0.25) is 0 Å². The van der Waals surface area contributed by atoms with Crippen molar-refractivity contribution in [1.82, 2.24) is 20.2 Å². The van der Waals surface area contributed by atoms with E-state index in [4.69, 9.17) is 10.5 Å². The summed E-state index contributed by atoms with van der Waals surface area (Å²) in [6.45, 7) is 5.51. The predicted octanol–water partition coefficient (Wildman–Crippen LogP) is 1.80. The van der Waals surface area contributed by atoms with Crippen LogP contribution in [0.25, 0.3) is 11.4 Å². The Hall–Kier alpha value is -2.02. The Bertz CT molecular complexity index is 561. The molecule has 0 spiro atoms. The number of nitrogens with two attached hydrogens (primary N) is 1. The first-order valence-electron chi connectivity index (χ1n) is 6.53. The van der Waals surface area contributed by atoms with Crippen LogP contribution in [0.2, 0.25) is 0 Å². The zero-order chi connectivity index (χ0) is 14.5. The van der Waals surface area contributed by atoms with Gasteiger partial charge in [0.25, 0.3) is 0 Å². The van der Waals surface area contributed by atoms with E-state index >= 15 is 0 Å². The molecule has 20 heavy (non-hydrogen) atoms. The van der Waals surface area contributed by atoms with Crippen LogP contribution in [0.5, 0.6) is 0 Å². The molecule has 0 aliphatic heterocycles. The standard InChI is InChI=1S/C13H18FN5O/c1-3-20-6-4-5-19-13(16-17-18-19)10-7-11(14)9(2)12(15)8-10/h7-8H,3-6,15H2,1-2H3. The highest BCUT2D eigenvalue weighted by Gasteiger charge is 2.12.